The zero-order valence-electron chi connectivity index (χ0n) is 11.0. The van der Waals surface area contributed by atoms with Gasteiger partial charge in [-0.25, -0.2) is 0 Å². The van der Waals surface area contributed by atoms with E-state index in [2.05, 4.69) is 48.0 Å². The predicted octanol–water partition coefficient (Wildman–Crippen LogP) is 5.00. The summed E-state index contributed by atoms with van der Waals surface area (Å²) < 4.78 is 0.844. The van der Waals surface area contributed by atoms with E-state index in [9.17, 15) is 5.11 Å². The highest BCUT2D eigenvalue weighted by Gasteiger charge is 2.11. The minimum Gasteiger partial charge on any atom is -0.388 e. The molecule has 1 nitrogen and oxygen atoms in total. The summed E-state index contributed by atoms with van der Waals surface area (Å²) in [5, 5.41) is 11.0. The quantitative estimate of drug-likeness (QED) is 0.834. The third-order valence-corrected chi connectivity index (χ3v) is 4.48. The first-order valence-corrected chi connectivity index (χ1v) is 7.33. The van der Waals surface area contributed by atoms with Gasteiger partial charge in [0.15, 0.2) is 0 Å². The topological polar surface area (TPSA) is 20.2 Å². The zero-order valence-corrected chi connectivity index (χ0v) is 13.3. The molecule has 0 aromatic heterocycles. The van der Waals surface area contributed by atoms with Crippen molar-refractivity contribution in [2.45, 2.75) is 26.4 Å². The summed E-state index contributed by atoms with van der Waals surface area (Å²) in [5.41, 5.74) is 4.43. The fourth-order valence-corrected chi connectivity index (χ4v) is 2.50. The Labute approximate surface area is 127 Å². The van der Waals surface area contributed by atoms with Crippen molar-refractivity contribution in [3.05, 3.63) is 68.1 Å². The summed E-state index contributed by atoms with van der Waals surface area (Å²) in [7, 11) is 0. The summed E-state index contributed by atoms with van der Waals surface area (Å²) in [4.78, 5) is 0. The molecule has 0 aliphatic rings. The maximum absolute atomic E-state index is 10.3. The predicted molar refractivity (Wildman–Crippen MR) is 83.7 cm³/mol. The van der Waals surface area contributed by atoms with Gasteiger partial charge in [-0.1, -0.05) is 41.4 Å². The number of hydrogen-bond acceptors (Lipinski definition) is 1. The Balaban J connectivity index is 2.22. The van der Waals surface area contributed by atoms with Crippen molar-refractivity contribution in [2.24, 2.45) is 0 Å². The molecule has 3 heteroatoms. The minimum absolute atomic E-state index is 0.536. The lowest BCUT2D eigenvalue weighted by Gasteiger charge is -2.14. The largest absolute Gasteiger partial charge is 0.388 e. The SMILES string of the molecule is Cc1ccc(C)c(CC(O)c2ccc(Br)c(Cl)c2)c1. The van der Waals surface area contributed by atoms with Crippen LogP contribution >= 0.6 is 27.5 Å². The van der Waals surface area contributed by atoms with Gasteiger partial charge in [0.1, 0.15) is 0 Å². The highest BCUT2D eigenvalue weighted by molar-refractivity contribution is 9.10. The number of aliphatic hydroxyl groups excluding tert-OH is 1. The molecule has 1 unspecified atom stereocenters. The fraction of sp³-hybridized carbons (Fsp3) is 0.250. The lowest BCUT2D eigenvalue weighted by molar-refractivity contribution is 0.178. The maximum Gasteiger partial charge on any atom is 0.0831 e. The Hall–Kier alpha value is -0.830. The summed E-state index contributed by atoms with van der Waals surface area (Å²) in [5.74, 6) is 0. The van der Waals surface area contributed by atoms with Gasteiger partial charge in [-0.2, -0.15) is 0 Å². The number of aryl methyl sites for hydroxylation is 2. The Morgan fingerprint density at radius 1 is 1.16 bits per heavy atom. The molecule has 2 aromatic carbocycles. The van der Waals surface area contributed by atoms with Crippen molar-refractivity contribution in [2.75, 3.05) is 0 Å². The van der Waals surface area contributed by atoms with Gasteiger partial charge in [0, 0.05) is 10.9 Å². The van der Waals surface area contributed by atoms with E-state index in [1.807, 2.05) is 12.1 Å². The van der Waals surface area contributed by atoms with Crippen LogP contribution in [0, 0.1) is 13.8 Å². The molecule has 2 rings (SSSR count). The molecule has 0 aliphatic heterocycles. The van der Waals surface area contributed by atoms with Gasteiger partial charge in [-0.15, -0.1) is 0 Å². The van der Waals surface area contributed by atoms with Crippen LogP contribution in [0.4, 0.5) is 0 Å². The Bertz CT molecular complexity index is 595. The van der Waals surface area contributed by atoms with Crippen LogP contribution in [-0.4, -0.2) is 5.11 Å². The molecule has 0 saturated carbocycles. The van der Waals surface area contributed by atoms with Gasteiger partial charge >= 0.3 is 0 Å². The third kappa shape index (κ3) is 3.59. The van der Waals surface area contributed by atoms with E-state index in [1.54, 1.807) is 6.07 Å². The second kappa shape index (κ2) is 6.08. The van der Waals surface area contributed by atoms with Crippen LogP contribution in [-0.2, 0) is 6.42 Å². The minimum atomic E-state index is -0.536. The normalized spacial score (nSPS) is 12.5. The van der Waals surface area contributed by atoms with Crippen LogP contribution in [0.15, 0.2) is 40.9 Å². The van der Waals surface area contributed by atoms with Gasteiger partial charge in [0.25, 0.3) is 0 Å². The molecular weight excluding hydrogens is 324 g/mol. The number of halogens is 2. The molecule has 0 saturated heterocycles. The van der Waals surface area contributed by atoms with E-state index in [0.29, 0.717) is 11.4 Å². The summed E-state index contributed by atoms with van der Waals surface area (Å²) >= 11 is 9.41. The van der Waals surface area contributed by atoms with Gasteiger partial charge in [-0.05, 0) is 58.6 Å². The summed E-state index contributed by atoms with van der Waals surface area (Å²) in [6.07, 6.45) is 0.0666. The number of benzene rings is 2. The van der Waals surface area contributed by atoms with Gasteiger partial charge < -0.3 is 5.11 Å². The molecule has 0 aliphatic carbocycles. The maximum atomic E-state index is 10.3. The van der Waals surface area contributed by atoms with E-state index in [1.165, 1.54) is 16.7 Å². The molecule has 0 fully saturated rings. The molecular formula is C16H16BrClO. The monoisotopic (exact) mass is 338 g/mol. The van der Waals surface area contributed by atoms with Gasteiger partial charge in [0.2, 0.25) is 0 Å². The molecule has 0 spiro atoms. The third-order valence-electron chi connectivity index (χ3n) is 3.25. The first-order valence-electron chi connectivity index (χ1n) is 6.16. The van der Waals surface area contributed by atoms with E-state index >= 15 is 0 Å². The Kier molecular flexibility index (Phi) is 4.67. The molecule has 0 radical (unpaired) electrons. The van der Waals surface area contributed by atoms with Crippen molar-refractivity contribution in [3.63, 3.8) is 0 Å². The number of hydrogen-bond donors (Lipinski definition) is 1. The Morgan fingerprint density at radius 2 is 1.89 bits per heavy atom. The van der Waals surface area contributed by atoms with Crippen LogP contribution in [0.5, 0.6) is 0 Å². The average molecular weight is 340 g/mol. The lowest BCUT2D eigenvalue weighted by atomic mass is 9.97. The van der Waals surface area contributed by atoms with Crippen molar-refractivity contribution in [1.82, 2.24) is 0 Å². The standard InChI is InChI=1S/C16H16BrClO/c1-10-3-4-11(2)13(7-10)9-16(19)12-5-6-14(17)15(18)8-12/h3-8,16,19H,9H2,1-2H3. The lowest BCUT2D eigenvalue weighted by Crippen LogP contribution is -2.03. The van der Waals surface area contributed by atoms with E-state index in [0.717, 1.165) is 10.0 Å². The summed E-state index contributed by atoms with van der Waals surface area (Å²) in [6.45, 7) is 4.13. The molecule has 2 aromatic rings. The highest BCUT2D eigenvalue weighted by Crippen LogP contribution is 2.28. The number of rotatable bonds is 3. The molecule has 100 valence electrons. The van der Waals surface area contributed by atoms with Crippen LogP contribution in [0.25, 0.3) is 0 Å². The molecule has 0 heterocycles. The molecule has 1 atom stereocenters. The first-order chi connectivity index (χ1) is 8.97. The van der Waals surface area contributed by atoms with E-state index < -0.39 is 6.10 Å². The van der Waals surface area contributed by atoms with Gasteiger partial charge in [-0.3, -0.25) is 0 Å². The van der Waals surface area contributed by atoms with Crippen LogP contribution in [0.2, 0.25) is 5.02 Å². The molecule has 0 amide bonds. The second-order valence-corrected chi connectivity index (χ2v) is 6.08. The van der Waals surface area contributed by atoms with Crippen molar-refractivity contribution in [1.29, 1.82) is 0 Å². The molecule has 1 N–H and O–H groups in total. The zero-order chi connectivity index (χ0) is 14.0. The van der Waals surface area contributed by atoms with Crippen LogP contribution < -0.4 is 0 Å². The van der Waals surface area contributed by atoms with E-state index in [-0.39, 0.29) is 0 Å². The van der Waals surface area contributed by atoms with E-state index in [4.69, 9.17) is 11.6 Å². The van der Waals surface area contributed by atoms with Crippen LogP contribution in [0.3, 0.4) is 0 Å². The molecule has 19 heavy (non-hydrogen) atoms. The van der Waals surface area contributed by atoms with Crippen LogP contribution in [0.1, 0.15) is 28.4 Å². The number of aliphatic hydroxyl groups is 1. The summed E-state index contributed by atoms with van der Waals surface area (Å²) in [6, 6.07) is 11.9. The first kappa shape index (κ1) is 14.6. The molecule has 0 bridgehead atoms. The van der Waals surface area contributed by atoms with Crippen molar-refractivity contribution < 1.29 is 5.11 Å². The van der Waals surface area contributed by atoms with Gasteiger partial charge in [0.05, 0.1) is 11.1 Å². The van der Waals surface area contributed by atoms with Crippen molar-refractivity contribution in [3.8, 4) is 0 Å². The second-order valence-electron chi connectivity index (χ2n) is 4.82. The Morgan fingerprint density at radius 3 is 2.58 bits per heavy atom. The van der Waals surface area contributed by atoms with Crippen molar-refractivity contribution >= 4 is 27.5 Å². The fourth-order valence-electron chi connectivity index (χ4n) is 2.07. The average Bonchev–Trinajstić information content (AvgIpc) is 2.37. The smallest absolute Gasteiger partial charge is 0.0831 e. The highest BCUT2D eigenvalue weighted by atomic mass is 79.9.